The summed E-state index contributed by atoms with van der Waals surface area (Å²) in [6.07, 6.45) is 0. The Morgan fingerprint density at radius 2 is 2.45 bits per heavy atom. The highest BCUT2D eigenvalue weighted by Crippen LogP contribution is 2.22. The predicted octanol–water partition coefficient (Wildman–Crippen LogP) is 0.594. The number of nitrogens with zero attached hydrogens (tertiary/aromatic N) is 1. The minimum Gasteiger partial charge on any atom is -0.321 e. The van der Waals surface area contributed by atoms with Crippen molar-refractivity contribution >= 4 is 33.1 Å². The molecule has 1 aromatic heterocycles. The molecule has 0 aromatic carbocycles. The zero-order valence-corrected chi connectivity index (χ0v) is 7.95. The minimum atomic E-state index is 0.479. The van der Waals surface area contributed by atoms with Crippen molar-refractivity contribution in [2.45, 2.75) is 0 Å². The summed E-state index contributed by atoms with van der Waals surface area (Å²) in [5.74, 6) is 10.7. The monoisotopic (exact) mass is 234 g/mol. The second kappa shape index (κ2) is 3.70. The van der Waals surface area contributed by atoms with Gasteiger partial charge in [-0.05, 0) is 27.4 Å². The molecule has 60 valence electrons. The summed E-state index contributed by atoms with van der Waals surface area (Å²) in [6.45, 7) is 0. The van der Waals surface area contributed by atoms with E-state index in [0.717, 1.165) is 9.35 Å². The van der Waals surface area contributed by atoms with E-state index in [1.807, 2.05) is 11.4 Å². The first kappa shape index (κ1) is 8.51. The first-order valence-corrected chi connectivity index (χ1v) is 4.44. The van der Waals surface area contributed by atoms with Crippen molar-refractivity contribution < 1.29 is 0 Å². The van der Waals surface area contributed by atoms with Crippen molar-refractivity contribution in [1.82, 2.24) is 5.43 Å². The molecule has 0 aliphatic carbocycles. The van der Waals surface area contributed by atoms with E-state index in [9.17, 15) is 0 Å². The molecular weight excluding hydrogens is 228 g/mol. The van der Waals surface area contributed by atoms with Crippen molar-refractivity contribution in [3.05, 3.63) is 20.8 Å². The van der Waals surface area contributed by atoms with E-state index in [4.69, 9.17) is 11.7 Å². The number of hydrazine groups is 1. The average Bonchev–Trinajstić information content (AvgIpc) is 2.40. The fraction of sp³-hybridized carbons (Fsp3) is 0. The SMILES string of the molecule is N/N=C(\NN)c1sccc1Br. The van der Waals surface area contributed by atoms with Gasteiger partial charge >= 0.3 is 0 Å². The van der Waals surface area contributed by atoms with Crippen LogP contribution < -0.4 is 17.1 Å². The van der Waals surface area contributed by atoms with Gasteiger partial charge in [-0.3, -0.25) is 0 Å². The number of nitrogens with two attached hydrogens (primary N) is 2. The van der Waals surface area contributed by atoms with Crippen LogP contribution in [0, 0.1) is 0 Å². The van der Waals surface area contributed by atoms with Gasteiger partial charge in [-0.1, -0.05) is 0 Å². The molecule has 0 radical (unpaired) electrons. The fourth-order valence-corrected chi connectivity index (χ4v) is 2.14. The van der Waals surface area contributed by atoms with Gasteiger partial charge in [0.1, 0.15) is 0 Å². The van der Waals surface area contributed by atoms with Gasteiger partial charge in [-0.25, -0.2) is 5.84 Å². The number of amidine groups is 1. The van der Waals surface area contributed by atoms with Crippen LogP contribution in [0.3, 0.4) is 0 Å². The Hall–Kier alpha value is -0.590. The summed E-state index contributed by atoms with van der Waals surface area (Å²) in [4.78, 5) is 0.898. The van der Waals surface area contributed by atoms with Crippen LogP contribution in [-0.4, -0.2) is 5.84 Å². The molecule has 0 aliphatic heterocycles. The number of hydrogen-bond acceptors (Lipinski definition) is 4. The molecule has 1 aromatic rings. The van der Waals surface area contributed by atoms with Crippen molar-refractivity contribution in [3.63, 3.8) is 0 Å². The molecule has 0 aliphatic rings. The Labute approximate surface area is 76.4 Å². The Bertz CT molecular complexity index is 269. The topological polar surface area (TPSA) is 76.4 Å². The summed E-state index contributed by atoms with van der Waals surface area (Å²) in [5.41, 5.74) is 2.40. The standard InChI is InChI=1S/C5H7BrN4S/c6-3-1-2-11-4(3)5(9-7)10-8/h1-2H,7-8H2,(H,9,10). The number of hydrazone groups is 1. The maximum atomic E-state index is 5.17. The number of thiophene rings is 1. The van der Waals surface area contributed by atoms with Gasteiger partial charge in [0.05, 0.1) is 4.88 Å². The molecule has 0 unspecified atom stereocenters. The van der Waals surface area contributed by atoms with Gasteiger partial charge in [-0.15, -0.1) is 11.3 Å². The molecule has 11 heavy (non-hydrogen) atoms. The Balaban J connectivity index is 3.00. The average molecular weight is 235 g/mol. The van der Waals surface area contributed by atoms with E-state index >= 15 is 0 Å². The smallest absolute Gasteiger partial charge is 0.178 e. The third kappa shape index (κ3) is 1.70. The molecule has 0 bridgehead atoms. The van der Waals surface area contributed by atoms with Crippen LogP contribution in [0.2, 0.25) is 0 Å². The van der Waals surface area contributed by atoms with Crippen LogP contribution in [0.4, 0.5) is 0 Å². The third-order valence-electron chi connectivity index (χ3n) is 1.10. The van der Waals surface area contributed by atoms with Crippen LogP contribution in [0.15, 0.2) is 21.0 Å². The van der Waals surface area contributed by atoms with Gasteiger partial charge in [0, 0.05) is 4.47 Å². The highest BCUT2D eigenvalue weighted by molar-refractivity contribution is 9.10. The third-order valence-corrected chi connectivity index (χ3v) is 2.94. The summed E-state index contributed by atoms with van der Waals surface area (Å²) in [7, 11) is 0. The molecule has 0 saturated heterocycles. The molecular formula is C5H7BrN4S. The summed E-state index contributed by atoms with van der Waals surface area (Å²) >= 11 is 4.83. The van der Waals surface area contributed by atoms with Crippen molar-refractivity contribution in [3.8, 4) is 0 Å². The lowest BCUT2D eigenvalue weighted by atomic mass is 10.4. The van der Waals surface area contributed by atoms with Crippen LogP contribution in [0.5, 0.6) is 0 Å². The molecule has 6 heteroatoms. The molecule has 0 spiro atoms. The first-order valence-electron chi connectivity index (χ1n) is 2.77. The lowest BCUT2D eigenvalue weighted by molar-refractivity contribution is 1.01. The van der Waals surface area contributed by atoms with Crippen molar-refractivity contribution in [2.75, 3.05) is 0 Å². The first-order chi connectivity index (χ1) is 5.29. The molecule has 5 N–H and O–H groups in total. The van der Waals surface area contributed by atoms with Crippen LogP contribution in [0.25, 0.3) is 0 Å². The van der Waals surface area contributed by atoms with E-state index in [-0.39, 0.29) is 0 Å². The fourth-order valence-electron chi connectivity index (χ4n) is 0.624. The van der Waals surface area contributed by atoms with Gasteiger partial charge in [-0.2, -0.15) is 5.10 Å². The van der Waals surface area contributed by atoms with E-state index in [1.54, 1.807) is 0 Å². The van der Waals surface area contributed by atoms with Crippen LogP contribution in [-0.2, 0) is 0 Å². The predicted molar refractivity (Wildman–Crippen MR) is 50.1 cm³/mol. The van der Waals surface area contributed by atoms with Gasteiger partial charge in [0.25, 0.3) is 0 Å². The van der Waals surface area contributed by atoms with Gasteiger partial charge in [0.15, 0.2) is 5.84 Å². The second-order valence-corrected chi connectivity index (χ2v) is 3.49. The quantitative estimate of drug-likeness (QED) is 0.288. The Kier molecular flexibility index (Phi) is 2.86. The van der Waals surface area contributed by atoms with Gasteiger partial charge in [0.2, 0.25) is 0 Å². The zero-order valence-electron chi connectivity index (χ0n) is 5.54. The normalized spacial score (nSPS) is 11.6. The molecule has 1 rings (SSSR count). The van der Waals surface area contributed by atoms with E-state index in [2.05, 4.69) is 26.5 Å². The maximum Gasteiger partial charge on any atom is 0.178 e. The number of rotatable bonds is 1. The van der Waals surface area contributed by atoms with E-state index in [0.29, 0.717) is 5.84 Å². The lowest BCUT2D eigenvalue weighted by Gasteiger charge is -1.99. The summed E-state index contributed by atoms with van der Waals surface area (Å²) in [6, 6.07) is 1.91. The molecule has 0 amide bonds. The number of nitrogens with one attached hydrogen (secondary N) is 1. The highest BCUT2D eigenvalue weighted by Gasteiger charge is 2.06. The van der Waals surface area contributed by atoms with Crippen LogP contribution >= 0.6 is 27.3 Å². The highest BCUT2D eigenvalue weighted by atomic mass is 79.9. The molecule has 1 heterocycles. The Morgan fingerprint density at radius 3 is 2.82 bits per heavy atom. The Morgan fingerprint density at radius 1 is 1.73 bits per heavy atom. The summed E-state index contributed by atoms with van der Waals surface area (Å²) < 4.78 is 0.935. The van der Waals surface area contributed by atoms with Crippen LogP contribution in [0.1, 0.15) is 4.88 Å². The lowest BCUT2D eigenvalue weighted by Crippen LogP contribution is -2.31. The maximum absolute atomic E-state index is 5.17. The zero-order chi connectivity index (χ0) is 8.27. The molecule has 0 fully saturated rings. The van der Waals surface area contributed by atoms with E-state index in [1.165, 1.54) is 11.3 Å². The number of halogens is 1. The van der Waals surface area contributed by atoms with Gasteiger partial charge < -0.3 is 11.3 Å². The molecule has 4 nitrogen and oxygen atoms in total. The largest absolute Gasteiger partial charge is 0.321 e. The van der Waals surface area contributed by atoms with Crippen molar-refractivity contribution in [2.24, 2.45) is 16.8 Å². The molecule has 0 saturated carbocycles. The van der Waals surface area contributed by atoms with Crippen molar-refractivity contribution in [1.29, 1.82) is 0 Å². The number of hydrogen-bond donors (Lipinski definition) is 3. The van der Waals surface area contributed by atoms with E-state index < -0.39 is 0 Å². The second-order valence-electron chi connectivity index (χ2n) is 1.72. The molecule has 0 atom stereocenters. The minimum absolute atomic E-state index is 0.479. The summed E-state index contributed by atoms with van der Waals surface area (Å²) in [5, 5.41) is 5.39.